The van der Waals surface area contributed by atoms with E-state index < -0.39 is 5.97 Å². The Morgan fingerprint density at radius 2 is 2.19 bits per heavy atom. The number of benzene rings is 1. The third-order valence-electron chi connectivity index (χ3n) is 2.28. The second kappa shape index (κ2) is 3.72. The van der Waals surface area contributed by atoms with Crippen molar-refractivity contribution < 1.29 is 19.1 Å². The summed E-state index contributed by atoms with van der Waals surface area (Å²) in [5.41, 5.74) is 0.474. The maximum absolute atomic E-state index is 11.0. The van der Waals surface area contributed by atoms with Gasteiger partial charge in [-0.25, -0.2) is 4.79 Å². The molecular formula is C11H9ClO4. The summed E-state index contributed by atoms with van der Waals surface area (Å²) in [5.74, 6) is -0.0771. The molecule has 0 spiro atoms. The number of carboxylic acids is 1. The molecule has 0 unspecified atom stereocenters. The number of halogens is 1. The van der Waals surface area contributed by atoms with Crippen LogP contribution in [0.25, 0.3) is 11.0 Å². The number of hydrogen-bond donors (Lipinski definition) is 1. The van der Waals surface area contributed by atoms with Gasteiger partial charge in [0, 0.05) is 11.5 Å². The van der Waals surface area contributed by atoms with Crippen molar-refractivity contribution in [2.45, 2.75) is 6.92 Å². The third kappa shape index (κ3) is 1.51. The first-order chi connectivity index (χ1) is 7.54. The lowest BCUT2D eigenvalue weighted by atomic mass is 10.1. The Bertz CT molecular complexity index is 571. The molecule has 0 saturated carbocycles. The molecule has 0 aliphatic rings. The van der Waals surface area contributed by atoms with Crippen LogP contribution in [0.5, 0.6) is 5.75 Å². The Hall–Kier alpha value is -1.68. The normalized spacial score (nSPS) is 10.7. The Morgan fingerprint density at radius 3 is 2.75 bits per heavy atom. The minimum absolute atomic E-state index is 0.00631. The molecule has 5 heteroatoms. The standard InChI is InChI=1S/C11H9ClO4/c1-5-3-6-9(12)7(11(13)14)4-8(15-2)10(6)16-5/h3-4H,1-2H3,(H,13,14). The summed E-state index contributed by atoms with van der Waals surface area (Å²) in [7, 11) is 1.45. The van der Waals surface area contributed by atoms with Crippen molar-refractivity contribution in [3.63, 3.8) is 0 Å². The number of fused-ring (bicyclic) bond motifs is 1. The molecule has 0 bridgehead atoms. The molecule has 2 rings (SSSR count). The summed E-state index contributed by atoms with van der Waals surface area (Å²) in [4.78, 5) is 11.0. The lowest BCUT2D eigenvalue weighted by molar-refractivity contribution is 0.0697. The first-order valence-electron chi connectivity index (χ1n) is 4.54. The fraction of sp³-hybridized carbons (Fsp3) is 0.182. The van der Waals surface area contributed by atoms with Crippen LogP contribution in [0.2, 0.25) is 5.02 Å². The van der Waals surface area contributed by atoms with Gasteiger partial charge in [-0.1, -0.05) is 11.6 Å². The second-order valence-corrected chi connectivity index (χ2v) is 3.72. The van der Waals surface area contributed by atoms with Crippen molar-refractivity contribution in [2.24, 2.45) is 0 Å². The van der Waals surface area contributed by atoms with Gasteiger partial charge in [0.25, 0.3) is 0 Å². The van der Waals surface area contributed by atoms with Crippen molar-refractivity contribution >= 4 is 28.5 Å². The van der Waals surface area contributed by atoms with Crippen molar-refractivity contribution in [3.05, 3.63) is 28.5 Å². The van der Waals surface area contributed by atoms with Gasteiger partial charge >= 0.3 is 5.97 Å². The molecule has 0 saturated heterocycles. The molecular weight excluding hydrogens is 232 g/mol. The molecule has 0 fully saturated rings. The average Bonchev–Trinajstić information content (AvgIpc) is 2.60. The fourth-order valence-corrected chi connectivity index (χ4v) is 1.85. The van der Waals surface area contributed by atoms with Crippen LogP contribution in [-0.4, -0.2) is 18.2 Å². The van der Waals surface area contributed by atoms with Crippen LogP contribution in [0.1, 0.15) is 16.1 Å². The van der Waals surface area contributed by atoms with E-state index in [1.165, 1.54) is 13.2 Å². The van der Waals surface area contributed by atoms with E-state index in [1.54, 1.807) is 13.0 Å². The van der Waals surface area contributed by atoms with Gasteiger partial charge < -0.3 is 14.3 Å². The highest BCUT2D eigenvalue weighted by Gasteiger charge is 2.18. The summed E-state index contributed by atoms with van der Waals surface area (Å²) < 4.78 is 10.5. The van der Waals surface area contributed by atoms with Crippen molar-refractivity contribution in [3.8, 4) is 5.75 Å². The predicted octanol–water partition coefficient (Wildman–Crippen LogP) is 3.10. The van der Waals surface area contributed by atoms with Crippen molar-refractivity contribution in [2.75, 3.05) is 7.11 Å². The smallest absolute Gasteiger partial charge is 0.337 e. The number of furan rings is 1. The molecule has 0 aliphatic heterocycles. The number of hydrogen-bond acceptors (Lipinski definition) is 3. The average molecular weight is 241 g/mol. The lowest BCUT2D eigenvalue weighted by Crippen LogP contribution is -1.98. The van der Waals surface area contributed by atoms with E-state index in [4.69, 9.17) is 25.9 Å². The zero-order valence-electron chi connectivity index (χ0n) is 8.70. The molecule has 0 aliphatic carbocycles. The highest BCUT2D eigenvalue weighted by atomic mass is 35.5. The van der Waals surface area contributed by atoms with Gasteiger partial charge in [0.2, 0.25) is 0 Å². The molecule has 0 atom stereocenters. The van der Waals surface area contributed by atoms with E-state index in [2.05, 4.69) is 0 Å². The van der Waals surface area contributed by atoms with Gasteiger partial charge in [0.15, 0.2) is 11.3 Å². The number of rotatable bonds is 2. The summed E-state index contributed by atoms with van der Waals surface area (Å²) in [5, 5.41) is 9.70. The molecule has 84 valence electrons. The van der Waals surface area contributed by atoms with Gasteiger partial charge in [0.05, 0.1) is 17.7 Å². The zero-order valence-corrected chi connectivity index (χ0v) is 9.46. The van der Waals surface area contributed by atoms with Crippen LogP contribution in [0, 0.1) is 6.92 Å². The first kappa shape index (κ1) is 10.8. The largest absolute Gasteiger partial charge is 0.493 e. The molecule has 4 nitrogen and oxygen atoms in total. The maximum atomic E-state index is 11.0. The van der Waals surface area contributed by atoms with E-state index in [0.717, 1.165) is 0 Å². The Balaban J connectivity index is 2.87. The number of carbonyl (C=O) groups is 1. The topological polar surface area (TPSA) is 59.7 Å². The van der Waals surface area contributed by atoms with Crippen LogP contribution in [0.3, 0.4) is 0 Å². The molecule has 0 radical (unpaired) electrons. The molecule has 2 aromatic rings. The van der Waals surface area contributed by atoms with Crippen molar-refractivity contribution in [1.82, 2.24) is 0 Å². The van der Waals surface area contributed by atoms with Gasteiger partial charge in [-0.3, -0.25) is 0 Å². The Kier molecular flexibility index (Phi) is 2.52. The van der Waals surface area contributed by atoms with Gasteiger partial charge in [-0.15, -0.1) is 0 Å². The maximum Gasteiger partial charge on any atom is 0.337 e. The van der Waals surface area contributed by atoms with Crippen molar-refractivity contribution in [1.29, 1.82) is 0 Å². The Morgan fingerprint density at radius 1 is 1.50 bits per heavy atom. The third-order valence-corrected chi connectivity index (χ3v) is 2.68. The summed E-state index contributed by atoms with van der Waals surface area (Å²) >= 11 is 5.98. The second-order valence-electron chi connectivity index (χ2n) is 3.35. The lowest BCUT2D eigenvalue weighted by Gasteiger charge is -2.04. The highest BCUT2D eigenvalue weighted by molar-refractivity contribution is 6.38. The van der Waals surface area contributed by atoms with Crippen LogP contribution in [0.4, 0.5) is 0 Å². The number of methoxy groups -OCH3 is 1. The molecule has 16 heavy (non-hydrogen) atoms. The molecule has 1 heterocycles. The zero-order chi connectivity index (χ0) is 11.9. The van der Waals surface area contributed by atoms with Gasteiger partial charge in [0.1, 0.15) is 5.76 Å². The van der Waals surface area contributed by atoms with Crippen LogP contribution in [-0.2, 0) is 0 Å². The monoisotopic (exact) mass is 240 g/mol. The van der Waals surface area contributed by atoms with E-state index >= 15 is 0 Å². The first-order valence-corrected chi connectivity index (χ1v) is 4.92. The number of aromatic carboxylic acids is 1. The van der Waals surface area contributed by atoms with E-state index in [1.807, 2.05) is 0 Å². The van der Waals surface area contributed by atoms with Gasteiger partial charge in [-0.2, -0.15) is 0 Å². The highest BCUT2D eigenvalue weighted by Crippen LogP contribution is 2.36. The molecule has 1 N–H and O–H groups in total. The molecule has 0 amide bonds. The van der Waals surface area contributed by atoms with Gasteiger partial charge in [-0.05, 0) is 13.0 Å². The quantitative estimate of drug-likeness (QED) is 0.876. The summed E-state index contributed by atoms with van der Waals surface area (Å²) in [6.07, 6.45) is 0. The minimum Gasteiger partial charge on any atom is -0.493 e. The number of ether oxygens (including phenoxy) is 1. The SMILES string of the molecule is COc1cc(C(=O)O)c(Cl)c2cc(C)oc12. The Labute approximate surface area is 96.4 Å². The van der Waals surface area contributed by atoms with Crippen LogP contribution >= 0.6 is 11.6 Å². The number of carboxylic acid groups (broad SMARTS) is 1. The van der Waals surface area contributed by atoms with Crippen LogP contribution in [0.15, 0.2) is 16.5 Å². The summed E-state index contributed by atoms with van der Waals surface area (Å²) in [6.45, 7) is 1.76. The van der Waals surface area contributed by atoms with E-state index in [9.17, 15) is 4.79 Å². The minimum atomic E-state index is -1.09. The van der Waals surface area contributed by atoms with Crippen LogP contribution < -0.4 is 4.74 Å². The molecule has 1 aromatic carbocycles. The fourth-order valence-electron chi connectivity index (χ4n) is 1.57. The summed E-state index contributed by atoms with van der Waals surface area (Å²) in [6, 6.07) is 3.04. The number of aryl methyl sites for hydroxylation is 1. The predicted molar refractivity (Wildman–Crippen MR) is 59.5 cm³/mol. The molecule has 1 aromatic heterocycles. The van der Waals surface area contributed by atoms with E-state index in [-0.39, 0.29) is 10.6 Å². The van der Waals surface area contributed by atoms with E-state index in [0.29, 0.717) is 22.5 Å².